The van der Waals surface area contributed by atoms with Crippen molar-refractivity contribution in [2.24, 2.45) is 5.92 Å². The van der Waals surface area contributed by atoms with Gasteiger partial charge in [-0.25, -0.2) is 9.37 Å². The molecule has 1 aliphatic carbocycles. The zero-order chi connectivity index (χ0) is 16.1. The van der Waals surface area contributed by atoms with Crippen molar-refractivity contribution in [1.29, 1.82) is 0 Å². The Morgan fingerprint density at radius 1 is 1.26 bits per heavy atom. The lowest BCUT2D eigenvalue weighted by molar-refractivity contribution is 0.181. The van der Waals surface area contributed by atoms with Gasteiger partial charge in [-0.3, -0.25) is 0 Å². The quantitative estimate of drug-likeness (QED) is 0.774. The third-order valence-corrected chi connectivity index (χ3v) is 6.22. The van der Waals surface area contributed by atoms with Gasteiger partial charge in [0.25, 0.3) is 5.19 Å². The standard InChI is InChI=1S/C18H29FN2OS/c1-14(13-19)22-18-20-16-8-11-21(12-9-17(16)23-18)10-7-15-5-3-2-4-6-15/h14-15H,2-13H2,1H3. The summed E-state index contributed by atoms with van der Waals surface area (Å²) in [5.41, 5.74) is 1.18. The van der Waals surface area contributed by atoms with Gasteiger partial charge in [-0.1, -0.05) is 43.4 Å². The van der Waals surface area contributed by atoms with Gasteiger partial charge < -0.3 is 9.64 Å². The molecule has 1 fully saturated rings. The molecule has 2 heterocycles. The van der Waals surface area contributed by atoms with Gasteiger partial charge in [0, 0.05) is 24.4 Å². The van der Waals surface area contributed by atoms with E-state index in [1.54, 1.807) is 18.3 Å². The molecule has 0 saturated heterocycles. The summed E-state index contributed by atoms with van der Waals surface area (Å²) in [5.74, 6) is 0.960. The van der Waals surface area contributed by atoms with Crippen molar-refractivity contribution < 1.29 is 9.13 Å². The molecular weight excluding hydrogens is 311 g/mol. The highest BCUT2D eigenvalue weighted by molar-refractivity contribution is 7.13. The second kappa shape index (κ2) is 8.43. The average Bonchev–Trinajstić information content (AvgIpc) is 2.86. The van der Waals surface area contributed by atoms with Crippen LogP contribution in [0.5, 0.6) is 5.19 Å². The highest BCUT2D eigenvalue weighted by atomic mass is 32.1. The van der Waals surface area contributed by atoms with Gasteiger partial charge in [-0.05, 0) is 32.2 Å². The Labute approximate surface area is 143 Å². The molecule has 1 aliphatic heterocycles. The predicted molar refractivity (Wildman–Crippen MR) is 93.2 cm³/mol. The number of thiazole rings is 1. The lowest BCUT2D eigenvalue weighted by atomic mass is 9.87. The number of rotatable bonds is 6. The van der Waals surface area contributed by atoms with Crippen LogP contribution in [0.15, 0.2) is 0 Å². The summed E-state index contributed by atoms with van der Waals surface area (Å²) in [7, 11) is 0. The molecule has 2 aliphatic rings. The Bertz CT molecular complexity index is 462. The van der Waals surface area contributed by atoms with Crippen LogP contribution in [-0.2, 0) is 12.8 Å². The molecule has 1 atom stereocenters. The molecule has 0 aromatic carbocycles. The van der Waals surface area contributed by atoms with Crippen molar-refractivity contribution in [2.45, 2.75) is 64.4 Å². The SMILES string of the molecule is CC(CF)Oc1nc2c(s1)CCN(CCC1CCCCC1)CC2. The molecule has 5 heteroatoms. The Kier molecular flexibility index (Phi) is 6.29. The molecule has 0 amide bonds. The van der Waals surface area contributed by atoms with Crippen molar-refractivity contribution in [3.05, 3.63) is 10.6 Å². The fourth-order valence-corrected chi connectivity index (χ4v) is 4.74. The molecule has 0 bridgehead atoms. The summed E-state index contributed by atoms with van der Waals surface area (Å²) in [6, 6.07) is 0. The van der Waals surface area contributed by atoms with Crippen LogP contribution in [0.25, 0.3) is 0 Å². The third kappa shape index (κ3) is 4.90. The fraction of sp³-hybridized carbons (Fsp3) is 0.833. The summed E-state index contributed by atoms with van der Waals surface area (Å²) in [5, 5.41) is 0.649. The van der Waals surface area contributed by atoms with E-state index in [9.17, 15) is 4.39 Å². The molecule has 0 spiro atoms. The normalized spacial score (nSPS) is 21.7. The summed E-state index contributed by atoms with van der Waals surface area (Å²) in [6.45, 7) is 4.75. The molecule has 1 unspecified atom stereocenters. The number of fused-ring (bicyclic) bond motifs is 1. The monoisotopic (exact) mass is 340 g/mol. The fourth-order valence-electron chi connectivity index (χ4n) is 3.70. The molecule has 1 aromatic heterocycles. The van der Waals surface area contributed by atoms with Crippen molar-refractivity contribution in [2.75, 3.05) is 26.3 Å². The first-order valence-electron chi connectivity index (χ1n) is 9.18. The van der Waals surface area contributed by atoms with E-state index in [2.05, 4.69) is 9.88 Å². The zero-order valence-corrected chi connectivity index (χ0v) is 15.0. The van der Waals surface area contributed by atoms with Crippen LogP contribution in [0, 0.1) is 5.92 Å². The van der Waals surface area contributed by atoms with Gasteiger partial charge in [0.1, 0.15) is 12.8 Å². The molecule has 3 rings (SSSR count). The number of ether oxygens (including phenoxy) is 1. The molecule has 3 nitrogen and oxygen atoms in total. The van der Waals surface area contributed by atoms with E-state index in [4.69, 9.17) is 4.74 Å². The van der Waals surface area contributed by atoms with E-state index in [1.165, 1.54) is 55.6 Å². The number of nitrogens with zero attached hydrogens (tertiary/aromatic N) is 2. The minimum absolute atomic E-state index is 0.392. The predicted octanol–water partition coefficient (Wildman–Crippen LogP) is 4.25. The first-order valence-corrected chi connectivity index (χ1v) is 10.00. The van der Waals surface area contributed by atoms with Crippen molar-refractivity contribution >= 4 is 11.3 Å². The highest BCUT2D eigenvalue weighted by Crippen LogP contribution is 2.30. The number of alkyl halides is 1. The summed E-state index contributed by atoms with van der Waals surface area (Å²) in [6.07, 6.45) is 10.2. The van der Waals surface area contributed by atoms with Gasteiger partial charge in [0.2, 0.25) is 0 Å². The van der Waals surface area contributed by atoms with Gasteiger partial charge in [-0.2, -0.15) is 0 Å². The Morgan fingerprint density at radius 2 is 2.04 bits per heavy atom. The number of hydrogen-bond acceptors (Lipinski definition) is 4. The maximum Gasteiger partial charge on any atom is 0.273 e. The second-order valence-corrected chi connectivity index (χ2v) is 8.11. The van der Waals surface area contributed by atoms with Crippen LogP contribution in [0.3, 0.4) is 0 Å². The van der Waals surface area contributed by atoms with Crippen LogP contribution >= 0.6 is 11.3 Å². The lowest BCUT2D eigenvalue weighted by Gasteiger charge is -2.26. The largest absolute Gasteiger partial charge is 0.464 e. The minimum Gasteiger partial charge on any atom is -0.464 e. The Balaban J connectivity index is 1.47. The third-order valence-electron chi connectivity index (χ3n) is 5.18. The van der Waals surface area contributed by atoms with Crippen molar-refractivity contribution in [3.8, 4) is 5.19 Å². The van der Waals surface area contributed by atoms with Crippen LogP contribution < -0.4 is 4.74 Å². The minimum atomic E-state index is -0.459. The summed E-state index contributed by atoms with van der Waals surface area (Å²) < 4.78 is 18.1. The van der Waals surface area contributed by atoms with Crippen LogP contribution in [0.4, 0.5) is 4.39 Å². The Hall–Kier alpha value is -0.680. The highest BCUT2D eigenvalue weighted by Gasteiger charge is 2.21. The molecule has 1 saturated carbocycles. The lowest BCUT2D eigenvalue weighted by Crippen LogP contribution is -2.29. The maximum absolute atomic E-state index is 12.6. The van der Waals surface area contributed by atoms with Crippen LogP contribution in [0.1, 0.15) is 56.0 Å². The van der Waals surface area contributed by atoms with E-state index < -0.39 is 12.8 Å². The number of aromatic nitrogens is 1. The number of hydrogen-bond donors (Lipinski definition) is 0. The van der Waals surface area contributed by atoms with Gasteiger partial charge in [-0.15, -0.1) is 0 Å². The molecule has 1 aromatic rings. The number of halogens is 1. The Morgan fingerprint density at radius 3 is 2.83 bits per heavy atom. The first kappa shape index (κ1) is 17.2. The molecule has 0 N–H and O–H groups in total. The van der Waals surface area contributed by atoms with E-state index in [0.717, 1.165) is 31.8 Å². The smallest absolute Gasteiger partial charge is 0.273 e. The van der Waals surface area contributed by atoms with E-state index in [-0.39, 0.29) is 0 Å². The topological polar surface area (TPSA) is 25.4 Å². The first-order chi connectivity index (χ1) is 11.2. The average molecular weight is 341 g/mol. The molecule has 23 heavy (non-hydrogen) atoms. The molecule has 0 radical (unpaired) electrons. The van der Waals surface area contributed by atoms with Gasteiger partial charge in [0.05, 0.1) is 5.69 Å². The maximum atomic E-state index is 12.6. The van der Waals surface area contributed by atoms with Gasteiger partial charge in [0.15, 0.2) is 0 Å². The van der Waals surface area contributed by atoms with Crippen molar-refractivity contribution in [1.82, 2.24) is 9.88 Å². The van der Waals surface area contributed by atoms with E-state index in [1.807, 2.05) is 0 Å². The second-order valence-electron chi connectivity index (χ2n) is 7.07. The molecular formula is C18H29FN2OS. The van der Waals surface area contributed by atoms with Crippen molar-refractivity contribution in [3.63, 3.8) is 0 Å². The molecule has 130 valence electrons. The van der Waals surface area contributed by atoms with Crippen LogP contribution in [0.2, 0.25) is 0 Å². The van der Waals surface area contributed by atoms with Crippen LogP contribution in [-0.4, -0.2) is 42.3 Å². The summed E-state index contributed by atoms with van der Waals surface area (Å²) >= 11 is 1.61. The van der Waals surface area contributed by atoms with E-state index in [0.29, 0.717) is 5.19 Å². The van der Waals surface area contributed by atoms with E-state index >= 15 is 0 Å². The summed E-state index contributed by atoms with van der Waals surface area (Å²) in [4.78, 5) is 8.53. The zero-order valence-electron chi connectivity index (χ0n) is 14.2. The van der Waals surface area contributed by atoms with Gasteiger partial charge >= 0.3 is 0 Å².